The number of nitro groups is 2. The fraction of sp³-hybridized carbons (Fsp3) is 0.467. The molecule has 0 N–H and O–H groups in total. The van der Waals surface area contributed by atoms with E-state index < -0.39 is 34.5 Å². The predicted octanol–water partition coefficient (Wildman–Crippen LogP) is 6.26. The number of carbonyl (C=O) groups excluding carboxylic acids is 8. The van der Waals surface area contributed by atoms with Crippen molar-refractivity contribution < 1.29 is 124 Å². The van der Waals surface area contributed by atoms with Crippen LogP contribution in [0.3, 0.4) is 0 Å². The third-order valence-corrected chi connectivity index (χ3v) is 11.2. The van der Waals surface area contributed by atoms with E-state index in [-0.39, 0.29) is 102 Å². The number of benzene rings is 4. The highest BCUT2D eigenvalue weighted by Gasteiger charge is 2.14. The van der Waals surface area contributed by atoms with Gasteiger partial charge in [-0.05, 0) is 84.6 Å². The molecule has 2 heterocycles. The van der Waals surface area contributed by atoms with Crippen LogP contribution in [-0.2, 0) is 76.0 Å². The Hall–Kier alpha value is -10.1. The van der Waals surface area contributed by atoms with E-state index in [0.29, 0.717) is 101 Å². The van der Waals surface area contributed by atoms with Gasteiger partial charge in [0, 0.05) is 76.4 Å². The van der Waals surface area contributed by atoms with Crippen LogP contribution in [0.2, 0.25) is 0 Å². The van der Waals surface area contributed by atoms with Crippen LogP contribution >= 0.6 is 0 Å². The van der Waals surface area contributed by atoms with Crippen LogP contribution in [0.15, 0.2) is 97.1 Å². The van der Waals surface area contributed by atoms with Gasteiger partial charge >= 0.3 is 24.6 Å². The molecule has 36 nitrogen and oxygen atoms in total. The lowest BCUT2D eigenvalue weighted by atomic mass is 10.3. The fourth-order valence-electron chi connectivity index (χ4n) is 6.65. The van der Waals surface area contributed by atoms with Crippen molar-refractivity contribution in [2.45, 2.75) is 51.4 Å². The van der Waals surface area contributed by atoms with E-state index in [2.05, 4.69) is 20.6 Å². The number of nitro benzene ring substituents is 2. The van der Waals surface area contributed by atoms with Gasteiger partial charge in [0.25, 0.3) is 11.4 Å². The highest BCUT2D eigenvalue weighted by molar-refractivity contribution is 5.75. The zero-order chi connectivity index (χ0) is 69.3. The third-order valence-electron chi connectivity index (χ3n) is 11.2. The number of aldehydes is 4. The molecule has 0 radical (unpaired) electrons. The second-order valence-electron chi connectivity index (χ2n) is 18.3. The quantitative estimate of drug-likeness (QED) is 0.00594. The molecule has 0 saturated heterocycles. The zero-order valence-corrected chi connectivity index (χ0v) is 52.4. The molecule has 6 rings (SSSR count). The maximum absolute atomic E-state index is 11.7. The predicted molar refractivity (Wildman–Crippen MR) is 329 cm³/mol. The van der Waals surface area contributed by atoms with Crippen molar-refractivity contribution in [3.63, 3.8) is 0 Å². The van der Waals surface area contributed by atoms with E-state index in [0.717, 1.165) is 60.5 Å². The van der Waals surface area contributed by atoms with Gasteiger partial charge in [-0.3, -0.25) is 29.9 Å². The average Bonchev–Trinajstić information content (AvgIpc) is 1.78. The standard InChI is InChI=1S/C20H20N6O8.C20H20N2O12.2C10H18O4/c27-19(33-25-17-7-3-1-5-15(17)21-23-25)31-13-11-29-9-10-30-12-14-32-20(28)34-26-18-8-4-2-6-16(18)22-24-26;23-19(33-17-5-1-15(2-6-17)21(25)26)31-13-11-29-9-10-30-12-14-32-20(24)34-18-7-3-16(4-8-18)22(27)28;2*11-5-1-3-7-13-9-10-14-8-4-2-6-12/h2*1-8H,9-14H2;2*5-6H,1-4,7-10H2. The summed E-state index contributed by atoms with van der Waals surface area (Å²) in [6, 6.07) is 23.9. The summed E-state index contributed by atoms with van der Waals surface area (Å²) in [7, 11) is 0. The summed E-state index contributed by atoms with van der Waals surface area (Å²) in [6.45, 7) is 5.79. The molecule has 0 fully saturated rings. The van der Waals surface area contributed by atoms with Gasteiger partial charge < -0.3 is 85.5 Å². The monoisotopic (exact) mass is 1360 g/mol. The molecular formula is C60H76N8O28. The number of unbranched alkanes of at least 4 members (excludes halogenated alkanes) is 4. The van der Waals surface area contributed by atoms with Crippen LogP contribution < -0.4 is 19.1 Å². The van der Waals surface area contributed by atoms with E-state index in [1.807, 2.05) is 0 Å². The van der Waals surface area contributed by atoms with Gasteiger partial charge in [0.05, 0.1) is 89.1 Å². The first-order chi connectivity index (χ1) is 46.9. The Morgan fingerprint density at radius 3 is 0.896 bits per heavy atom. The molecule has 0 atom stereocenters. The highest BCUT2D eigenvalue weighted by Crippen LogP contribution is 2.19. The SMILES string of the molecule is O=C(OCCOCCOCCOC(=O)Oc1ccc([N+](=O)[O-])cc1)Oc1ccc([N+](=O)[O-])cc1.O=C(OCCOCCOCCOC(=O)On1nnc2ccccc21)On1nnc2ccccc21.O=CCCCOCCOCCCC=O.O=CCCCOCCOCCCC=O. The molecule has 0 unspecified atom stereocenters. The van der Waals surface area contributed by atoms with Crippen molar-refractivity contribution in [2.24, 2.45) is 0 Å². The lowest BCUT2D eigenvalue weighted by molar-refractivity contribution is -0.385. The smallest absolute Gasteiger partial charge is 0.432 e. The first kappa shape index (κ1) is 80.2. The number of fused-ring (bicyclic) bond motifs is 2. The second kappa shape index (κ2) is 53.3. The first-order valence-corrected chi connectivity index (χ1v) is 29.7. The number of carbonyl (C=O) groups is 8. The van der Waals surface area contributed by atoms with E-state index in [4.69, 9.17) is 76.0 Å². The van der Waals surface area contributed by atoms with Crippen LogP contribution in [-0.4, -0.2) is 222 Å². The molecule has 524 valence electrons. The number of ether oxygens (including phenoxy) is 14. The minimum Gasteiger partial charge on any atom is -0.432 e. The summed E-state index contributed by atoms with van der Waals surface area (Å²) in [5.41, 5.74) is 1.98. The molecule has 0 amide bonds. The minimum atomic E-state index is -0.980. The van der Waals surface area contributed by atoms with Gasteiger partial charge in [0.1, 0.15) is 85.1 Å². The van der Waals surface area contributed by atoms with Crippen molar-refractivity contribution in [2.75, 3.05) is 132 Å². The number of hydrogen-bond donors (Lipinski definition) is 0. The normalized spacial score (nSPS) is 10.4. The number of hydrogen-bond acceptors (Lipinski definition) is 32. The number of rotatable bonds is 46. The lowest BCUT2D eigenvalue weighted by Gasteiger charge is -2.08. The van der Waals surface area contributed by atoms with Crippen LogP contribution in [0.4, 0.5) is 30.6 Å². The van der Waals surface area contributed by atoms with Gasteiger partial charge in [-0.15, -0.1) is 10.2 Å². The summed E-state index contributed by atoms with van der Waals surface area (Å²) in [5, 5.41) is 36.3. The minimum absolute atomic E-state index is 0.0165. The molecule has 4 aromatic carbocycles. The number of aromatic nitrogens is 6. The molecule has 2 aromatic heterocycles. The van der Waals surface area contributed by atoms with E-state index >= 15 is 0 Å². The van der Waals surface area contributed by atoms with Gasteiger partial charge in [-0.25, -0.2) is 19.2 Å². The van der Waals surface area contributed by atoms with E-state index in [1.165, 1.54) is 48.5 Å². The summed E-state index contributed by atoms with van der Waals surface area (Å²) in [6.07, 6.45) is 5.04. The molecule has 36 heteroatoms. The maximum atomic E-state index is 11.7. The summed E-state index contributed by atoms with van der Waals surface area (Å²) < 4.78 is 70.8. The van der Waals surface area contributed by atoms with Crippen molar-refractivity contribution in [3.05, 3.63) is 117 Å². The van der Waals surface area contributed by atoms with E-state index in [9.17, 15) is 58.6 Å². The molecule has 0 aliphatic heterocycles. The van der Waals surface area contributed by atoms with Gasteiger partial charge in [-0.1, -0.05) is 34.0 Å². The Morgan fingerprint density at radius 1 is 0.354 bits per heavy atom. The second-order valence-corrected chi connectivity index (χ2v) is 18.3. The topological polar surface area (TPSA) is 432 Å². The highest BCUT2D eigenvalue weighted by atomic mass is 16.8. The van der Waals surface area contributed by atoms with Gasteiger partial charge in [0.2, 0.25) is 0 Å². The molecular weight excluding hydrogens is 1280 g/mol. The Morgan fingerprint density at radius 2 is 0.615 bits per heavy atom. The molecule has 6 aromatic rings. The van der Waals surface area contributed by atoms with Crippen molar-refractivity contribution in [3.8, 4) is 11.5 Å². The Balaban J connectivity index is 0.000000362. The van der Waals surface area contributed by atoms with Crippen molar-refractivity contribution in [1.82, 2.24) is 30.3 Å². The maximum Gasteiger partial charge on any atom is 0.535 e. The van der Waals surface area contributed by atoms with Gasteiger partial charge in [0.15, 0.2) is 0 Å². The van der Waals surface area contributed by atoms with Crippen LogP contribution in [0.5, 0.6) is 11.5 Å². The number of nitrogens with zero attached hydrogens (tertiary/aromatic N) is 8. The molecule has 0 aliphatic rings. The Labute approximate surface area is 548 Å². The zero-order valence-electron chi connectivity index (χ0n) is 52.4. The third kappa shape index (κ3) is 38.8. The first-order valence-electron chi connectivity index (χ1n) is 29.7. The molecule has 96 heavy (non-hydrogen) atoms. The fourth-order valence-corrected chi connectivity index (χ4v) is 6.65. The molecule has 0 aliphatic carbocycles. The van der Waals surface area contributed by atoms with Gasteiger partial charge in [-0.2, -0.15) is 0 Å². The van der Waals surface area contributed by atoms with Crippen molar-refractivity contribution in [1.29, 1.82) is 0 Å². The Bertz CT molecular complexity index is 2910. The molecule has 0 spiro atoms. The average molecular weight is 1360 g/mol. The molecule has 0 saturated carbocycles. The number of para-hydroxylation sites is 2. The van der Waals surface area contributed by atoms with Crippen LogP contribution in [0, 0.1) is 20.2 Å². The largest absolute Gasteiger partial charge is 0.535 e. The summed E-state index contributed by atoms with van der Waals surface area (Å²) in [5.74, 6) is 0.201. The van der Waals surface area contributed by atoms with Crippen LogP contribution in [0.25, 0.3) is 22.1 Å². The molecule has 0 bridgehead atoms. The number of non-ortho nitro benzene ring substituents is 2. The van der Waals surface area contributed by atoms with E-state index in [1.54, 1.807) is 48.5 Å². The lowest BCUT2D eigenvalue weighted by Crippen LogP contribution is -2.24. The van der Waals surface area contributed by atoms with Crippen molar-refractivity contribution >= 4 is 83.2 Å². The Kier molecular flexibility index (Phi) is 44.5. The summed E-state index contributed by atoms with van der Waals surface area (Å²) in [4.78, 5) is 118. The summed E-state index contributed by atoms with van der Waals surface area (Å²) >= 11 is 0. The van der Waals surface area contributed by atoms with Crippen LogP contribution in [0.1, 0.15) is 51.4 Å².